The monoisotopic (exact) mass is 359 g/mol. The predicted molar refractivity (Wildman–Crippen MR) is 94.4 cm³/mol. The maximum atomic E-state index is 12.5. The highest BCUT2D eigenvalue weighted by Gasteiger charge is 2.22. The number of rotatable bonds is 3. The van der Waals surface area contributed by atoms with E-state index < -0.39 is 0 Å². The summed E-state index contributed by atoms with van der Waals surface area (Å²) in [5, 5.41) is 7.13. The number of hydrogen-bond donors (Lipinski definition) is 0. The van der Waals surface area contributed by atoms with Crippen LogP contribution in [0.2, 0.25) is 0 Å². The van der Waals surface area contributed by atoms with Gasteiger partial charge in [0.15, 0.2) is 0 Å². The van der Waals surface area contributed by atoms with E-state index in [9.17, 15) is 4.79 Å². The fourth-order valence-electron chi connectivity index (χ4n) is 2.89. The summed E-state index contributed by atoms with van der Waals surface area (Å²) in [6.45, 7) is 5.43. The molecule has 6 nitrogen and oxygen atoms in total. The molecule has 0 spiro atoms. The lowest BCUT2D eigenvalue weighted by Gasteiger charge is -2.26. The van der Waals surface area contributed by atoms with Crippen molar-refractivity contribution in [3.63, 3.8) is 0 Å². The van der Waals surface area contributed by atoms with Gasteiger partial charge in [0.2, 0.25) is 11.1 Å². The van der Waals surface area contributed by atoms with Crippen LogP contribution >= 0.6 is 23.1 Å². The summed E-state index contributed by atoms with van der Waals surface area (Å²) in [4.78, 5) is 24.6. The van der Waals surface area contributed by atoms with Crippen LogP contribution in [-0.2, 0) is 17.8 Å². The molecule has 3 aromatic heterocycles. The van der Waals surface area contributed by atoms with Gasteiger partial charge < -0.3 is 4.90 Å². The normalized spacial score (nSPS) is 14.2. The molecule has 1 amide bonds. The molecule has 1 aliphatic rings. The van der Waals surface area contributed by atoms with Crippen LogP contribution in [0.4, 0.5) is 0 Å². The lowest BCUT2D eigenvalue weighted by atomic mass is 10.1. The first kappa shape index (κ1) is 15.6. The number of nitrogens with zero attached hydrogens (tertiary/aromatic N) is 5. The van der Waals surface area contributed by atoms with Gasteiger partial charge in [-0.3, -0.25) is 4.79 Å². The summed E-state index contributed by atoms with van der Waals surface area (Å²) in [5.74, 6) is 1.08. The molecule has 0 radical (unpaired) electrons. The van der Waals surface area contributed by atoms with Crippen LogP contribution < -0.4 is 0 Å². The molecule has 3 aromatic rings. The highest BCUT2D eigenvalue weighted by molar-refractivity contribution is 7.99. The first-order valence-corrected chi connectivity index (χ1v) is 9.63. The maximum absolute atomic E-state index is 12.5. The van der Waals surface area contributed by atoms with E-state index in [-0.39, 0.29) is 5.91 Å². The van der Waals surface area contributed by atoms with Crippen molar-refractivity contribution in [1.82, 2.24) is 24.5 Å². The second kappa shape index (κ2) is 6.18. The van der Waals surface area contributed by atoms with Crippen molar-refractivity contribution < 1.29 is 4.79 Å². The number of fused-ring (bicyclic) bond motifs is 2. The van der Waals surface area contributed by atoms with E-state index in [1.165, 1.54) is 22.2 Å². The van der Waals surface area contributed by atoms with Gasteiger partial charge in [-0.25, -0.2) is 9.50 Å². The second-order valence-corrected chi connectivity index (χ2v) is 7.81. The molecule has 0 N–H and O–H groups in total. The van der Waals surface area contributed by atoms with Crippen LogP contribution in [0.15, 0.2) is 22.7 Å². The molecule has 0 aromatic carbocycles. The smallest absolute Gasteiger partial charge is 0.253 e. The maximum Gasteiger partial charge on any atom is 0.253 e. The first-order valence-electron chi connectivity index (χ1n) is 7.77. The van der Waals surface area contributed by atoms with E-state index in [0.29, 0.717) is 16.7 Å². The molecule has 8 heteroatoms. The Bertz CT molecular complexity index is 916. The number of amides is 1. The molecule has 0 unspecified atom stereocenters. The molecule has 0 saturated carbocycles. The Morgan fingerprint density at radius 1 is 1.38 bits per heavy atom. The van der Waals surface area contributed by atoms with Gasteiger partial charge in [0.1, 0.15) is 0 Å². The molecule has 0 bridgehead atoms. The molecule has 4 rings (SSSR count). The molecule has 1 aliphatic heterocycles. The van der Waals surface area contributed by atoms with Crippen molar-refractivity contribution in [3.8, 4) is 0 Å². The number of aryl methyl sites for hydroxylation is 2. The van der Waals surface area contributed by atoms with Gasteiger partial charge in [0, 0.05) is 29.4 Å². The number of carbonyl (C=O) groups excluding carboxylic acids is 1. The highest BCUT2D eigenvalue weighted by Crippen LogP contribution is 2.25. The average molecular weight is 359 g/mol. The largest absolute Gasteiger partial charge is 0.337 e. The quantitative estimate of drug-likeness (QED) is 0.672. The molecular formula is C16H17N5OS2. The van der Waals surface area contributed by atoms with Crippen LogP contribution in [0.3, 0.4) is 0 Å². The van der Waals surface area contributed by atoms with Gasteiger partial charge >= 0.3 is 0 Å². The van der Waals surface area contributed by atoms with E-state index >= 15 is 0 Å². The Morgan fingerprint density at radius 2 is 2.25 bits per heavy atom. The molecule has 0 aliphatic carbocycles. The number of thioether (sulfide) groups is 1. The number of thiophene rings is 1. The summed E-state index contributed by atoms with van der Waals surface area (Å²) in [5.41, 5.74) is 3.19. The predicted octanol–water partition coefficient (Wildman–Crippen LogP) is 2.48. The van der Waals surface area contributed by atoms with Crippen molar-refractivity contribution in [3.05, 3.63) is 39.3 Å². The third-order valence-electron chi connectivity index (χ3n) is 4.08. The Kier molecular flexibility index (Phi) is 4.01. The second-order valence-electron chi connectivity index (χ2n) is 5.87. The van der Waals surface area contributed by atoms with Crippen molar-refractivity contribution >= 4 is 34.8 Å². The standard InChI is InChI=1S/C16H17N5OS2/c1-10-7-11(2)21-15(17-10)18-16(19-21)24-9-14(22)20-5-3-13-12(8-20)4-6-23-13/h4,6-7H,3,5,8-9H2,1-2H3. The van der Waals surface area contributed by atoms with Gasteiger partial charge in [0.05, 0.1) is 5.75 Å². The zero-order chi connectivity index (χ0) is 16.7. The fourth-order valence-corrected chi connectivity index (χ4v) is 4.50. The molecule has 4 heterocycles. The number of aromatic nitrogens is 4. The summed E-state index contributed by atoms with van der Waals surface area (Å²) in [6, 6.07) is 4.08. The zero-order valence-electron chi connectivity index (χ0n) is 13.5. The minimum absolute atomic E-state index is 0.136. The SMILES string of the molecule is Cc1cc(C)n2nc(SCC(=O)N3CCc4sccc4C3)nc2n1. The molecule has 0 saturated heterocycles. The topological polar surface area (TPSA) is 63.4 Å². The molecule has 0 atom stereocenters. The first-order chi connectivity index (χ1) is 11.6. The van der Waals surface area contributed by atoms with Crippen LogP contribution in [0.1, 0.15) is 21.8 Å². The minimum atomic E-state index is 0.136. The lowest BCUT2D eigenvalue weighted by Crippen LogP contribution is -2.36. The van der Waals surface area contributed by atoms with Crippen molar-refractivity contribution in [1.29, 1.82) is 0 Å². The van der Waals surface area contributed by atoms with E-state index in [1.807, 2.05) is 24.8 Å². The van der Waals surface area contributed by atoms with E-state index in [4.69, 9.17) is 0 Å². The summed E-state index contributed by atoms with van der Waals surface area (Å²) in [7, 11) is 0. The lowest BCUT2D eigenvalue weighted by molar-refractivity contribution is -0.129. The van der Waals surface area contributed by atoms with Crippen LogP contribution in [0.5, 0.6) is 0 Å². The van der Waals surface area contributed by atoms with E-state index in [2.05, 4.69) is 26.5 Å². The third kappa shape index (κ3) is 2.91. The van der Waals surface area contributed by atoms with Gasteiger partial charge in [0.25, 0.3) is 5.78 Å². The third-order valence-corrected chi connectivity index (χ3v) is 5.93. The molecule has 0 fully saturated rings. The van der Waals surface area contributed by atoms with E-state index in [0.717, 1.165) is 30.9 Å². The van der Waals surface area contributed by atoms with Gasteiger partial charge in [-0.1, -0.05) is 11.8 Å². The van der Waals surface area contributed by atoms with E-state index in [1.54, 1.807) is 15.9 Å². The zero-order valence-corrected chi connectivity index (χ0v) is 15.2. The Balaban J connectivity index is 1.43. The van der Waals surface area contributed by atoms with Crippen molar-refractivity contribution in [2.45, 2.75) is 32.0 Å². The highest BCUT2D eigenvalue weighted by atomic mass is 32.2. The Hall–Kier alpha value is -1.93. The van der Waals surface area contributed by atoms with Gasteiger partial charge in [-0.2, -0.15) is 4.98 Å². The summed E-state index contributed by atoms with van der Waals surface area (Å²) >= 11 is 3.16. The number of carbonyl (C=O) groups is 1. The van der Waals surface area contributed by atoms with Gasteiger partial charge in [-0.05, 0) is 43.3 Å². The van der Waals surface area contributed by atoms with Gasteiger partial charge in [-0.15, -0.1) is 16.4 Å². The summed E-state index contributed by atoms with van der Waals surface area (Å²) in [6.07, 6.45) is 0.957. The van der Waals surface area contributed by atoms with Crippen molar-refractivity contribution in [2.75, 3.05) is 12.3 Å². The Morgan fingerprint density at radius 3 is 3.12 bits per heavy atom. The average Bonchev–Trinajstić information content (AvgIpc) is 3.17. The van der Waals surface area contributed by atoms with Crippen molar-refractivity contribution in [2.24, 2.45) is 0 Å². The van der Waals surface area contributed by atoms with Crippen LogP contribution in [0.25, 0.3) is 5.78 Å². The van der Waals surface area contributed by atoms with Crippen LogP contribution in [-0.4, -0.2) is 42.7 Å². The number of hydrogen-bond acceptors (Lipinski definition) is 6. The summed E-state index contributed by atoms with van der Waals surface area (Å²) < 4.78 is 1.72. The molecule has 24 heavy (non-hydrogen) atoms. The minimum Gasteiger partial charge on any atom is -0.337 e. The molecular weight excluding hydrogens is 342 g/mol. The fraction of sp³-hybridized carbons (Fsp3) is 0.375. The van der Waals surface area contributed by atoms with Crippen LogP contribution in [0, 0.1) is 13.8 Å². The molecule has 124 valence electrons. The Labute approximate surface area is 147 Å².